The van der Waals surface area contributed by atoms with Gasteiger partial charge in [-0.2, -0.15) is 0 Å². The first-order valence-electron chi connectivity index (χ1n) is 6.47. The number of aromatic nitrogens is 1. The van der Waals surface area contributed by atoms with Gasteiger partial charge in [-0.05, 0) is 52.6 Å². The van der Waals surface area contributed by atoms with Crippen molar-refractivity contribution in [2.45, 2.75) is 46.2 Å². The third-order valence-electron chi connectivity index (χ3n) is 3.81. The van der Waals surface area contributed by atoms with Crippen LogP contribution in [0.1, 0.15) is 35.3 Å². The van der Waals surface area contributed by atoms with E-state index in [-0.39, 0.29) is 0 Å². The van der Waals surface area contributed by atoms with E-state index in [2.05, 4.69) is 30.7 Å². The van der Waals surface area contributed by atoms with Crippen molar-refractivity contribution in [3.8, 4) is 0 Å². The fourth-order valence-electron chi connectivity index (χ4n) is 2.43. The molecule has 1 atom stereocenters. The van der Waals surface area contributed by atoms with E-state index in [4.69, 9.17) is 5.73 Å². The third kappa shape index (κ3) is 3.27. The number of aryl methyl sites for hydroxylation is 2. The van der Waals surface area contributed by atoms with Crippen molar-refractivity contribution in [1.82, 2.24) is 9.88 Å². The van der Waals surface area contributed by atoms with Gasteiger partial charge in [0.2, 0.25) is 0 Å². The lowest BCUT2D eigenvalue weighted by atomic mass is 9.91. The fourth-order valence-corrected chi connectivity index (χ4v) is 3.41. The van der Waals surface area contributed by atoms with Crippen LogP contribution in [-0.4, -0.2) is 29.0 Å². The summed E-state index contributed by atoms with van der Waals surface area (Å²) in [6.45, 7) is 9.74. The minimum Gasteiger partial charge on any atom is -0.328 e. The second kappa shape index (κ2) is 5.46. The highest BCUT2D eigenvalue weighted by Crippen LogP contribution is 2.23. The Morgan fingerprint density at radius 1 is 1.41 bits per heavy atom. The van der Waals surface area contributed by atoms with E-state index >= 15 is 0 Å². The lowest BCUT2D eigenvalue weighted by Crippen LogP contribution is -2.39. The average molecular weight is 253 g/mol. The summed E-state index contributed by atoms with van der Waals surface area (Å²) in [5, 5.41) is 1.26. The van der Waals surface area contributed by atoms with Crippen LogP contribution in [0.15, 0.2) is 0 Å². The second-order valence-corrected chi connectivity index (χ2v) is 6.51. The van der Waals surface area contributed by atoms with E-state index in [1.54, 1.807) is 0 Å². The summed E-state index contributed by atoms with van der Waals surface area (Å²) >= 11 is 1.84. The zero-order valence-corrected chi connectivity index (χ0v) is 11.9. The SMILES string of the molecule is Cc1nc(CN2CCC(C(C)N)CC2)sc1C. The topological polar surface area (TPSA) is 42.2 Å². The molecule has 17 heavy (non-hydrogen) atoms. The number of hydrogen-bond acceptors (Lipinski definition) is 4. The lowest BCUT2D eigenvalue weighted by Gasteiger charge is -2.33. The smallest absolute Gasteiger partial charge is 0.107 e. The Morgan fingerprint density at radius 3 is 2.53 bits per heavy atom. The molecule has 0 saturated carbocycles. The van der Waals surface area contributed by atoms with Gasteiger partial charge in [0.05, 0.1) is 12.2 Å². The molecule has 1 saturated heterocycles. The van der Waals surface area contributed by atoms with Crippen LogP contribution < -0.4 is 5.73 Å². The molecular weight excluding hydrogens is 230 g/mol. The van der Waals surface area contributed by atoms with Crippen LogP contribution in [0.2, 0.25) is 0 Å². The summed E-state index contributed by atoms with van der Waals surface area (Å²) in [4.78, 5) is 8.47. The molecule has 2 heterocycles. The molecule has 0 bridgehead atoms. The molecule has 0 spiro atoms. The molecule has 1 aromatic heterocycles. The lowest BCUT2D eigenvalue weighted by molar-refractivity contribution is 0.165. The fraction of sp³-hybridized carbons (Fsp3) is 0.769. The van der Waals surface area contributed by atoms with Gasteiger partial charge in [-0.3, -0.25) is 4.90 Å². The van der Waals surface area contributed by atoms with Gasteiger partial charge in [0.25, 0.3) is 0 Å². The maximum Gasteiger partial charge on any atom is 0.107 e. The molecular formula is C13H23N3S. The molecule has 1 fully saturated rings. The number of nitrogens with zero attached hydrogens (tertiary/aromatic N) is 2. The zero-order valence-electron chi connectivity index (χ0n) is 11.1. The van der Waals surface area contributed by atoms with Crippen LogP contribution in [0.5, 0.6) is 0 Å². The quantitative estimate of drug-likeness (QED) is 0.899. The van der Waals surface area contributed by atoms with E-state index in [1.165, 1.54) is 41.5 Å². The molecule has 4 heteroatoms. The Balaban J connectivity index is 1.86. The summed E-state index contributed by atoms with van der Waals surface area (Å²) in [7, 11) is 0. The number of likely N-dealkylation sites (tertiary alicyclic amines) is 1. The number of rotatable bonds is 3. The predicted molar refractivity (Wildman–Crippen MR) is 73.2 cm³/mol. The minimum atomic E-state index is 0.349. The molecule has 0 aromatic carbocycles. The van der Waals surface area contributed by atoms with Crippen molar-refractivity contribution in [2.75, 3.05) is 13.1 Å². The number of hydrogen-bond donors (Lipinski definition) is 1. The van der Waals surface area contributed by atoms with Crippen molar-refractivity contribution in [3.05, 3.63) is 15.6 Å². The van der Waals surface area contributed by atoms with E-state index in [9.17, 15) is 0 Å². The average Bonchev–Trinajstić information content (AvgIpc) is 2.58. The van der Waals surface area contributed by atoms with Gasteiger partial charge in [-0.15, -0.1) is 11.3 Å². The number of piperidine rings is 1. The molecule has 1 unspecified atom stereocenters. The van der Waals surface area contributed by atoms with Crippen LogP contribution in [0.4, 0.5) is 0 Å². The first-order valence-corrected chi connectivity index (χ1v) is 7.28. The summed E-state index contributed by atoms with van der Waals surface area (Å²) in [6, 6.07) is 0.349. The molecule has 2 rings (SSSR count). The Bertz CT molecular complexity index is 345. The predicted octanol–water partition coefficient (Wildman–Crippen LogP) is 2.32. The van der Waals surface area contributed by atoms with Gasteiger partial charge < -0.3 is 5.73 Å². The van der Waals surface area contributed by atoms with Crippen LogP contribution in [0.3, 0.4) is 0 Å². The van der Waals surface area contributed by atoms with Crippen molar-refractivity contribution in [1.29, 1.82) is 0 Å². The highest BCUT2D eigenvalue weighted by atomic mass is 32.1. The molecule has 2 N–H and O–H groups in total. The van der Waals surface area contributed by atoms with Crippen LogP contribution in [-0.2, 0) is 6.54 Å². The van der Waals surface area contributed by atoms with Crippen molar-refractivity contribution in [3.63, 3.8) is 0 Å². The Labute approximate surface area is 108 Å². The maximum absolute atomic E-state index is 5.96. The van der Waals surface area contributed by atoms with E-state index in [1.807, 2.05) is 11.3 Å². The van der Waals surface area contributed by atoms with Crippen LogP contribution in [0, 0.1) is 19.8 Å². The Hall–Kier alpha value is -0.450. The molecule has 1 aliphatic heterocycles. The molecule has 1 aromatic rings. The summed E-state index contributed by atoms with van der Waals surface area (Å²) in [6.07, 6.45) is 2.47. The first kappa shape index (κ1) is 13.0. The van der Waals surface area contributed by atoms with E-state index in [0.29, 0.717) is 12.0 Å². The molecule has 1 aliphatic rings. The van der Waals surface area contributed by atoms with Gasteiger partial charge in [0, 0.05) is 10.9 Å². The normalized spacial score (nSPS) is 20.7. The molecule has 0 amide bonds. The highest BCUT2D eigenvalue weighted by molar-refractivity contribution is 7.11. The molecule has 0 aliphatic carbocycles. The Morgan fingerprint density at radius 2 is 2.06 bits per heavy atom. The van der Waals surface area contributed by atoms with E-state index < -0.39 is 0 Å². The molecule has 0 radical (unpaired) electrons. The van der Waals surface area contributed by atoms with Gasteiger partial charge in [0.15, 0.2) is 0 Å². The summed E-state index contributed by atoms with van der Waals surface area (Å²) in [5.41, 5.74) is 7.15. The molecule has 96 valence electrons. The zero-order chi connectivity index (χ0) is 12.4. The van der Waals surface area contributed by atoms with Gasteiger partial charge in [-0.25, -0.2) is 4.98 Å². The summed E-state index contributed by atoms with van der Waals surface area (Å²) < 4.78 is 0. The van der Waals surface area contributed by atoms with Crippen LogP contribution in [0.25, 0.3) is 0 Å². The van der Waals surface area contributed by atoms with Crippen molar-refractivity contribution >= 4 is 11.3 Å². The van der Waals surface area contributed by atoms with Crippen LogP contribution >= 0.6 is 11.3 Å². The number of thiazole rings is 1. The minimum absolute atomic E-state index is 0.349. The Kier molecular flexibility index (Phi) is 4.17. The largest absolute Gasteiger partial charge is 0.328 e. The standard InChI is InChI=1S/C13H23N3S/c1-9(14)12-4-6-16(7-5-12)8-13-15-10(2)11(3)17-13/h9,12H,4-8,14H2,1-3H3. The second-order valence-electron chi connectivity index (χ2n) is 5.22. The monoisotopic (exact) mass is 253 g/mol. The maximum atomic E-state index is 5.96. The van der Waals surface area contributed by atoms with Crippen molar-refractivity contribution in [2.24, 2.45) is 11.7 Å². The van der Waals surface area contributed by atoms with Gasteiger partial charge in [-0.1, -0.05) is 0 Å². The molecule has 3 nitrogen and oxygen atoms in total. The third-order valence-corrected chi connectivity index (χ3v) is 4.87. The first-order chi connectivity index (χ1) is 8.06. The van der Waals surface area contributed by atoms with Crippen molar-refractivity contribution < 1.29 is 0 Å². The highest BCUT2D eigenvalue weighted by Gasteiger charge is 2.22. The number of nitrogens with two attached hydrogens (primary N) is 1. The van der Waals surface area contributed by atoms with E-state index in [0.717, 1.165) is 6.54 Å². The van der Waals surface area contributed by atoms with Gasteiger partial charge >= 0.3 is 0 Å². The summed E-state index contributed by atoms with van der Waals surface area (Å²) in [5.74, 6) is 0.714. The van der Waals surface area contributed by atoms with Gasteiger partial charge in [0.1, 0.15) is 5.01 Å².